The molecule has 0 aliphatic carbocycles. The zero-order valence-corrected chi connectivity index (χ0v) is 8.21. The summed E-state index contributed by atoms with van der Waals surface area (Å²) in [6.45, 7) is 4.23. The molecule has 0 aliphatic heterocycles. The van der Waals surface area contributed by atoms with Gasteiger partial charge in [0.15, 0.2) is 0 Å². The van der Waals surface area contributed by atoms with Crippen LogP contribution in [-0.2, 0) is 0 Å². The maximum absolute atomic E-state index is 3.97. The minimum absolute atomic E-state index is 0.539. The third kappa shape index (κ3) is 3.09. The van der Waals surface area contributed by atoms with Gasteiger partial charge in [-0.2, -0.15) is 0 Å². The molecule has 0 amide bonds. The zero-order chi connectivity index (χ0) is 8.81. The summed E-state index contributed by atoms with van der Waals surface area (Å²) in [5.74, 6) is 0. The molecular formula is C10H13NS. The summed E-state index contributed by atoms with van der Waals surface area (Å²) < 4.78 is 0. The first kappa shape index (κ1) is 9.33. The predicted molar refractivity (Wildman–Crippen MR) is 54.4 cm³/mol. The molecule has 0 aliphatic rings. The Labute approximate surface area is 77.9 Å². The van der Waals surface area contributed by atoms with Gasteiger partial charge in [-0.05, 0) is 26.0 Å². The van der Waals surface area contributed by atoms with E-state index in [1.165, 1.54) is 4.90 Å². The van der Waals surface area contributed by atoms with E-state index >= 15 is 0 Å². The average Bonchev–Trinajstić information content (AvgIpc) is 2.06. The van der Waals surface area contributed by atoms with Gasteiger partial charge in [0, 0.05) is 22.5 Å². The fourth-order valence-electron chi connectivity index (χ4n) is 0.942. The monoisotopic (exact) mass is 179 g/mol. The molecule has 0 saturated carbocycles. The molecule has 0 N–H and O–H groups in total. The normalized spacial score (nSPS) is 13.5. The fraction of sp³-hybridized carbons (Fsp3) is 0.300. The summed E-state index contributed by atoms with van der Waals surface area (Å²) in [6, 6.07) is 4.06. The standard InChI is InChI=1S/C10H13NS/c1-3-4-9(2)12-10-5-7-11-8-6-10/h3-9H,1-2H3/b4-3-. The van der Waals surface area contributed by atoms with Crippen LogP contribution in [0.15, 0.2) is 41.6 Å². The molecule has 1 rings (SSSR count). The van der Waals surface area contributed by atoms with Gasteiger partial charge in [0.1, 0.15) is 0 Å². The van der Waals surface area contributed by atoms with E-state index in [0.717, 1.165) is 0 Å². The lowest BCUT2D eigenvalue weighted by atomic mass is 10.4. The van der Waals surface area contributed by atoms with Gasteiger partial charge in [-0.15, -0.1) is 11.8 Å². The molecule has 2 heteroatoms. The zero-order valence-electron chi connectivity index (χ0n) is 7.40. The van der Waals surface area contributed by atoms with Gasteiger partial charge in [0.05, 0.1) is 0 Å². The van der Waals surface area contributed by atoms with E-state index in [-0.39, 0.29) is 0 Å². The number of rotatable bonds is 3. The Bertz CT molecular complexity index is 243. The number of pyridine rings is 1. The van der Waals surface area contributed by atoms with Crippen LogP contribution in [0.1, 0.15) is 13.8 Å². The number of hydrogen-bond acceptors (Lipinski definition) is 2. The molecular weight excluding hydrogens is 166 g/mol. The molecule has 64 valence electrons. The highest BCUT2D eigenvalue weighted by Crippen LogP contribution is 2.22. The van der Waals surface area contributed by atoms with Gasteiger partial charge < -0.3 is 0 Å². The third-order valence-electron chi connectivity index (χ3n) is 1.44. The largest absolute Gasteiger partial charge is 0.265 e. The Hall–Kier alpha value is -0.760. The van der Waals surface area contributed by atoms with Crippen LogP contribution in [-0.4, -0.2) is 10.2 Å². The molecule has 12 heavy (non-hydrogen) atoms. The summed E-state index contributed by atoms with van der Waals surface area (Å²) >= 11 is 1.84. The maximum Gasteiger partial charge on any atom is 0.0278 e. The van der Waals surface area contributed by atoms with Crippen molar-refractivity contribution in [2.24, 2.45) is 0 Å². The number of thioether (sulfide) groups is 1. The van der Waals surface area contributed by atoms with Gasteiger partial charge in [-0.3, -0.25) is 4.98 Å². The van der Waals surface area contributed by atoms with Crippen LogP contribution >= 0.6 is 11.8 Å². The molecule has 0 fully saturated rings. The van der Waals surface area contributed by atoms with Crippen molar-refractivity contribution in [2.45, 2.75) is 24.0 Å². The lowest BCUT2D eigenvalue weighted by Crippen LogP contribution is -1.88. The lowest BCUT2D eigenvalue weighted by Gasteiger charge is -2.04. The number of allylic oxidation sites excluding steroid dienone is 1. The molecule has 0 aromatic carbocycles. The van der Waals surface area contributed by atoms with Crippen LogP contribution < -0.4 is 0 Å². The van der Waals surface area contributed by atoms with Crippen molar-refractivity contribution >= 4 is 11.8 Å². The van der Waals surface area contributed by atoms with Gasteiger partial charge >= 0.3 is 0 Å². The molecule has 0 bridgehead atoms. The van der Waals surface area contributed by atoms with Gasteiger partial charge in [0.2, 0.25) is 0 Å². The topological polar surface area (TPSA) is 12.9 Å². The van der Waals surface area contributed by atoms with Gasteiger partial charge in [0.25, 0.3) is 0 Å². The van der Waals surface area contributed by atoms with Crippen molar-refractivity contribution in [1.82, 2.24) is 4.98 Å². The fourth-order valence-corrected chi connectivity index (χ4v) is 1.89. The highest BCUT2D eigenvalue weighted by molar-refractivity contribution is 8.00. The molecule has 1 atom stereocenters. The predicted octanol–water partition coefficient (Wildman–Crippen LogP) is 3.14. The molecule has 0 radical (unpaired) electrons. The summed E-state index contributed by atoms with van der Waals surface area (Å²) in [4.78, 5) is 5.24. The number of aromatic nitrogens is 1. The van der Waals surface area contributed by atoms with Gasteiger partial charge in [-0.25, -0.2) is 0 Å². The van der Waals surface area contributed by atoms with E-state index in [1.54, 1.807) is 0 Å². The molecule has 1 heterocycles. The Kier molecular flexibility index (Phi) is 3.88. The van der Waals surface area contributed by atoms with E-state index in [1.807, 2.05) is 43.2 Å². The van der Waals surface area contributed by atoms with Crippen molar-refractivity contribution in [2.75, 3.05) is 0 Å². The Morgan fingerprint density at radius 1 is 1.42 bits per heavy atom. The van der Waals surface area contributed by atoms with Crippen molar-refractivity contribution in [3.8, 4) is 0 Å². The Morgan fingerprint density at radius 2 is 2.08 bits per heavy atom. The van der Waals surface area contributed by atoms with Crippen LogP contribution in [0.2, 0.25) is 0 Å². The highest BCUT2D eigenvalue weighted by atomic mass is 32.2. The quantitative estimate of drug-likeness (QED) is 0.522. The molecule has 1 aromatic heterocycles. The van der Waals surface area contributed by atoms with E-state index in [9.17, 15) is 0 Å². The minimum Gasteiger partial charge on any atom is -0.265 e. The highest BCUT2D eigenvalue weighted by Gasteiger charge is 1.97. The Morgan fingerprint density at radius 3 is 2.67 bits per heavy atom. The second-order valence-corrected chi connectivity index (χ2v) is 3.98. The third-order valence-corrected chi connectivity index (χ3v) is 2.51. The minimum atomic E-state index is 0.539. The smallest absolute Gasteiger partial charge is 0.0278 e. The number of nitrogens with zero attached hydrogens (tertiary/aromatic N) is 1. The number of hydrogen-bond donors (Lipinski definition) is 0. The first-order chi connectivity index (χ1) is 5.83. The van der Waals surface area contributed by atoms with Crippen LogP contribution in [0.25, 0.3) is 0 Å². The second kappa shape index (κ2) is 4.99. The summed E-state index contributed by atoms with van der Waals surface area (Å²) in [5.41, 5.74) is 0. The summed E-state index contributed by atoms with van der Waals surface area (Å²) in [5, 5.41) is 0.539. The Balaban J connectivity index is 2.52. The van der Waals surface area contributed by atoms with Crippen LogP contribution in [0.3, 0.4) is 0 Å². The van der Waals surface area contributed by atoms with E-state index in [0.29, 0.717) is 5.25 Å². The van der Waals surface area contributed by atoms with E-state index in [4.69, 9.17) is 0 Å². The molecule has 0 spiro atoms. The van der Waals surface area contributed by atoms with E-state index in [2.05, 4.69) is 24.1 Å². The average molecular weight is 179 g/mol. The van der Waals surface area contributed by atoms with Crippen LogP contribution in [0.5, 0.6) is 0 Å². The molecule has 1 unspecified atom stereocenters. The van der Waals surface area contributed by atoms with Crippen molar-refractivity contribution in [1.29, 1.82) is 0 Å². The maximum atomic E-state index is 3.97. The van der Waals surface area contributed by atoms with Crippen molar-refractivity contribution in [3.05, 3.63) is 36.7 Å². The lowest BCUT2D eigenvalue weighted by molar-refractivity contribution is 1.21. The first-order valence-electron chi connectivity index (χ1n) is 4.02. The van der Waals surface area contributed by atoms with E-state index < -0.39 is 0 Å². The van der Waals surface area contributed by atoms with Gasteiger partial charge in [-0.1, -0.05) is 12.2 Å². The summed E-state index contributed by atoms with van der Waals surface area (Å²) in [6.07, 6.45) is 7.92. The van der Waals surface area contributed by atoms with Crippen LogP contribution in [0.4, 0.5) is 0 Å². The van der Waals surface area contributed by atoms with Crippen molar-refractivity contribution < 1.29 is 0 Å². The second-order valence-electron chi connectivity index (χ2n) is 2.53. The summed E-state index contributed by atoms with van der Waals surface area (Å²) in [7, 11) is 0. The SMILES string of the molecule is C/C=C\C(C)Sc1ccncc1. The first-order valence-corrected chi connectivity index (χ1v) is 4.90. The molecule has 1 nitrogen and oxygen atoms in total. The van der Waals surface area contributed by atoms with Crippen molar-refractivity contribution in [3.63, 3.8) is 0 Å². The molecule has 0 saturated heterocycles. The van der Waals surface area contributed by atoms with Crippen LogP contribution in [0, 0.1) is 0 Å². The molecule has 1 aromatic rings.